The SMILES string of the molecule is C=C1CC[C@@H]2[C@](C)(CCC[C@]2(C)C(=O)OC)[C@H]1CC[C@H](C)CCOC(=O)CN1CCN(c2ccccc2)CC1. The van der Waals surface area contributed by atoms with E-state index in [1.807, 2.05) is 6.07 Å². The molecule has 216 valence electrons. The lowest BCUT2D eigenvalue weighted by Crippen LogP contribution is -2.53. The Morgan fingerprint density at radius 3 is 2.49 bits per heavy atom. The van der Waals surface area contributed by atoms with Gasteiger partial charge in [-0.1, -0.05) is 50.6 Å². The highest BCUT2D eigenvalue weighted by atomic mass is 16.5. The summed E-state index contributed by atoms with van der Waals surface area (Å²) in [6.45, 7) is 15.8. The van der Waals surface area contributed by atoms with Crippen LogP contribution in [0.1, 0.15) is 72.1 Å². The van der Waals surface area contributed by atoms with Gasteiger partial charge in [-0.05, 0) is 87.2 Å². The summed E-state index contributed by atoms with van der Waals surface area (Å²) in [4.78, 5) is 29.9. The molecule has 1 aromatic carbocycles. The molecule has 1 aromatic rings. The Bertz CT molecular complexity index is 989. The Kier molecular flexibility index (Phi) is 9.79. The molecule has 0 radical (unpaired) electrons. The van der Waals surface area contributed by atoms with Gasteiger partial charge in [-0.15, -0.1) is 0 Å². The molecule has 0 aromatic heterocycles. The van der Waals surface area contributed by atoms with Crippen LogP contribution in [0.4, 0.5) is 5.69 Å². The summed E-state index contributed by atoms with van der Waals surface area (Å²) in [7, 11) is 1.53. The van der Waals surface area contributed by atoms with E-state index in [4.69, 9.17) is 9.47 Å². The second kappa shape index (κ2) is 12.9. The molecule has 3 fully saturated rings. The van der Waals surface area contributed by atoms with Crippen molar-refractivity contribution >= 4 is 17.6 Å². The highest BCUT2D eigenvalue weighted by molar-refractivity contribution is 5.77. The summed E-state index contributed by atoms with van der Waals surface area (Å²) in [6.07, 6.45) is 8.22. The van der Waals surface area contributed by atoms with Gasteiger partial charge in [-0.2, -0.15) is 0 Å². The molecule has 0 N–H and O–H groups in total. The Balaban J connectivity index is 1.19. The second-order valence-electron chi connectivity index (χ2n) is 12.9. The molecule has 0 spiro atoms. The fraction of sp³-hybridized carbons (Fsp3) is 0.697. The molecule has 2 aliphatic carbocycles. The molecule has 0 unspecified atom stereocenters. The Labute approximate surface area is 236 Å². The first-order valence-corrected chi connectivity index (χ1v) is 15.1. The maximum absolute atomic E-state index is 12.8. The van der Waals surface area contributed by atoms with Crippen LogP contribution in [0.25, 0.3) is 0 Å². The summed E-state index contributed by atoms with van der Waals surface area (Å²) < 4.78 is 10.9. The number of anilines is 1. The van der Waals surface area contributed by atoms with Crippen molar-refractivity contribution in [2.75, 3.05) is 51.3 Å². The predicted molar refractivity (Wildman–Crippen MR) is 157 cm³/mol. The van der Waals surface area contributed by atoms with Crippen molar-refractivity contribution in [1.29, 1.82) is 0 Å². The number of benzene rings is 1. The van der Waals surface area contributed by atoms with Gasteiger partial charge in [0.15, 0.2) is 0 Å². The number of allylic oxidation sites excluding steroid dienone is 1. The van der Waals surface area contributed by atoms with Gasteiger partial charge in [-0.3, -0.25) is 14.5 Å². The predicted octanol–water partition coefficient (Wildman–Crippen LogP) is 6.11. The van der Waals surface area contributed by atoms with Crippen molar-refractivity contribution in [2.45, 2.75) is 72.1 Å². The van der Waals surface area contributed by atoms with Crippen LogP contribution in [0.5, 0.6) is 0 Å². The quantitative estimate of drug-likeness (QED) is 0.265. The van der Waals surface area contributed by atoms with Crippen molar-refractivity contribution in [2.24, 2.45) is 28.6 Å². The van der Waals surface area contributed by atoms with E-state index in [9.17, 15) is 9.59 Å². The molecule has 1 heterocycles. The topological polar surface area (TPSA) is 59.1 Å². The lowest BCUT2D eigenvalue weighted by molar-refractivity contribution is -0.168. The number of para-hydroxylation sites is 1. The summed E-state index contributed by atoms with van der Waals surface area (Å²) in [6, 6.07) is 10.5. The van der Waals surface area contributed by atoms with Gasteiger partial charge in [0.1, 0.15) is 0 Å². The van der Waals surface area contributed by atoms with E-state index in [1.165, 1.54) is 18.4 Å². The molecule has 4 rings (SSSR count). The lowest BCUT2D eigenvalue weighted by atomic mass is 9.46. The zero-order valence-electron chi connectivity index (χ0n) is 24.8. The number of esters is 2. The zero-order valence-corrected chi connectivity index (χ0v) is 24.8. The standard InChI is InChI=1S/C33H50N2O4/c1-25(16-23-39-30(36)24-34-19-21-35(22-20-34)27-10-7-6-8-11-27)12-14-28-26(2)13-15-29-32(28,3)17-9-18-33(29,4)31(37)38-5/h6-8,10-11,25,28-29H,2,9,12-24H2,1,3-5H3/t25-,28-,29+,32+,33-/m0/s1. The molecule has 0 bridgehead atoms. The van der Waals surface area contributed by atoms with Crippen LogP contribution in [0.2, 0.25) is 0 Å². The summed E-state index contributed by atoms with van der Waals surface area (Å²) in [5, 5.41) is 0. The normalized spacial score (nSPS) is 30.4. The summed E-state index contributed by atoms with van der Waals surface area (Å²) >= 11 is 0. The van der Waals surface area contributed by atoms with Crippen LogP contribution in [-0.4, -0.2) is 63.3 Å². The number of fused-ring (bicyclic) bond motifs is 1. The number of rotatable bonds is 10. The average Bonchev–Trinajstić information content (AvgIpc) is 2.93. The Morgan fingerprint density at radius 1 is 1.08 bits per heavy atom. The van der Waals surface area contributed by atoms with Gasteiger partial charge in [-0.25, -0.2) is 0 Å². The molecular weight excluding hydrogens is 488 g/mol. The van der Waals surface area contributed by atoms with Crippen LogP contribution in [0, 0.1) is 28.6 Å². The van der Waals surface area contributed by atoms with Gasteiger partial charge in [0.05, 0.1) is 25.7 Å². The van der Waals surface area contributed by atoms with Crippen molar-refractivity contribution in [3.05, 3.63) is 42.5 Å². The largest absolute Gasteiger partial charge is 0.469 e. The fourth-order valence-corrected chi connectivity index (χ4v) is 7.96. The molecule has 3 aliphatic rings. The molecular formula is C33H50N2O4. The van der Waals surface area contributed by atoms with Crippen LogP contribution in [0.3, 0.4) is 0 Å². The first-order valence-electron chi connectivity index (χ1n) is 15.1. The number of methoxy groups -OCH3 is 1. The van der Waals surface area contributed by atoms with E-state index in [0.29, 0.717) is 30.9 Å². The number of piperazine rings is 1. The van der Waals surface area contributed by atoms with E-state index >= 15 is 0 Å². The maximum atomic E-state index is 12.8. The van der Waals surface area contributed by atoms with E-state index < -0.39 is 5.41 Å². The third-order valence-electron chi connectivity index (χ3n) is 10.3. The van der Waals surface area contributed by atoms with Crippen molar-refractivity contribution in [3.63, 3.8) is 0 Å². The second-order valence-corrected chi connectivity index (χ2v) is 12.9. The number of ether oxygens (including phenoxy) is 2. The molecule has 2 saturated carbocycles. The first-order chi connectivity index (χ1) is 18.7. The Morgan fingerprint density at radius 2 is 1.79 bits per heavy atom. The number of nitrogens with zero attached hydrogens (tertiary/aromatic N) is 2. The minimum Gasteiger partial charge on any atom is -0.469 e. The highest BCUT2D eigenvalue weighted by Gasteiger charge is 2.57. The zero-order chi connectivity index (χ0) is 28.0. The Hall–Kier alpha value is -2.34. The van der Waals surface area contributed by atoms with Crippen LogP contribution in [0.15, 0.2) is 42.5 Å². The third-order valence-corrected chi connectivity index (χ3v) is 10.3. The summed E-state index contributed by atoms with van der Waals surface area (Å²) in [5.74, 6) is 1.08. The molecule has 6 heteroatoms. The highest BCUT2D eigenvalue weighted by Crippen LogP contribution is 2.62. The fourth-order valence-electron chi connectivity index (χ4n) is 7.96. The van der Waals surface area contributed by atoms with E-state index in [1.54, 1.807) is 0 Å². The van der Waals surface area contributed by atoms with Crippen LogP contribution >= 0.6 is 0 Å². The summed E-state index contributed by atoms with van der Waals surface area (Å²) in [5.41, 5.74) is 2.30. The van der Waals surface area contributed by atoms with Crippen molar-refractivity contribution in [1.82, 2.24) is 4.90 Å². The van der Waals surface area contributed by atoms with Crippen molar-refractivity contribution < 1.29 is 19.1 Å². The van der Waals surface area contributed by atoms with Crippen LogP contribution in [-0.2, 0) is 19.1 Å². The number of hydrogen-bond donors (Lipinski definition) is 0. The molecule has 5 atom stereocenters. The monoisotopic (exact) mass is 538 g/mol. The number of hydrogen-bond acceptors (Lipinski definition) is 6. The average molecular weight is 539 g/mol. The lowest BCUT2D eigenvalue weighted by Gasteiger charge is -2.57. The van der Waals surface area contributed by atoms with Gasteiger partial charge in [0, 0.05) is 31.9 Å². The van der Waals surface area contributed by atoms with E-state index in [2.05, 4.69) is 61.4 Å². The number of carbonyl (C=O) groups is 2. The molecule has 1 aliphatic heterocycles. The minimum atomic E-state index is -0.394. The van der Waals surface area contributed by atoms with Gasteiger partial charge >= 0.3 is 11.9 Å². The maximum Gasteiger partial charge on any atom is 0.320 e. The molecule has 1 saturated heterocycles. The van der Waals surface area contributed by atoms with Crippen LogP contribution < -0.4 is 4.90 Å². The molecule has 0 amide bonds. The van der Waals surface area contributed by atoms with Gasteiger partial charge in [0.2, 0.25) is 0 Å². The van der Waals surface area contributed by atoms with E-state index in [0.717, 1.165) is 77.5 Å². The third kappa shape index (κ3) is 6.70. The first kappa shape index (κ1) is 29.6. The van der Waals surface area contributed by atoms with Gasteiger partial charge in [0.25, 0.3) is 0 Å². The van der Waals surface area contributed by atoms with E-state index in [-0.39, 0.29) is 17.4 Å². The molecule has 6 nitrogen and oxygen atoms in total. The van der Waals surface area contributed by atoms with Crippen molar-refractivity contribution in [3.8, 4) is 0 Å². The minimum absolute atomic E-state index is 0.0436. The smallest absolute Gasteiger partial charge is 0.320 e. The van der Waals surface area contributed by atoms with Gasteiger partial charge < -0.3 is 14.4 Å². The molecule has 39 heavy (non-hydrogen) atoms. The number of carbonyl (C=O) groups excluding carboxylic acids is 2.